The summed E-state index contributed by atoms with van der Waals surface area (Å²) >= 11 is 0. The molecule has 0 aliphatic carbocycles. The molecule has 0 bridgehead atoms. The Labute approximate surface area is 176 Å². The highest BCUT2D eigenvalue weighted by atomic mass is 32.2. The second-order valence-electron chi connectivity index (χ2n) is 8.01. The van der Waals surface area contributed by atoms with Gasteiger partial charge in [0.1, 0.15) is 5.60 Å². The first-order chi connectivity index (χ1) is 14.3. The summed E-state index contributed by atoms with van der Waals surface area (Å²) < 4.78 is 40.9. The summed E-state index contributed by atoms with van der Waals surface area (Å²) in [5.41, 5.74) is 0.906. The number of aliphatic hydroxyl groups excluding tert-OH is 1. The molecule has 0 fully saturated rings. The van der Waals surface area contributed by atoms with Gasteiger partial charge in [-0.2, -0.15) is 0 Å². The second kappa shape index (κ2) is 7.81. The van der Waals surface area contributed by atoms with E-state index in [2.05, 4.69) is 4.72 Å². The van der Waals surface area contributed by atoms with E-state index in [9.17, 15) is 8.42 Å². The van der Waals surface area contributed by atoms with Crippen LogP contribution in [0.5, 0.6) is 11.5 Å². The number of anilines is 1. The van der Waals surface area contributed by atoms with Gasteiger partial charge in [-0.05, 0) is 31.4 Å². The molecular weight excluding hydrogens is 402 g/mol. The van der Waals surface area contributed by atoms with Gasteiger partial charge in [0, 0.05) is 36.5 Å². The van der Waals surface area contributed by atoms with Crippen LogP contribution in [0.3, 0.4) is 0 Å². The fraction of sp³-hybridized carbons (Fsp3) is 0.304. The molecule has 3 aromatic rings. The van der Waals surface area contributed by atoms with Crippen LogP contribution in [0.2, 0.25) is 0 Å². The minimum atomic E-state index is -3.81. The number of hydrogen-bond acceptors (Lipinski definition) is 5. The Morgan fingerprint density at radius 3 is 2.70 bits per heavy atom. The zero-order valence-corrected chi connectivity index (χ0v) is 17.8. The minimum absolute atomic E-state index is 0.0158. The van der Waals surface area contributed by atoms with Crippen LogP contribution < -0.4 is 14.2 Å². The maximum Gasteiger partial charge on any atom is 0.262 e. The number of ether oxygens (including phenoxy) is 2. The quantitative estimate of drug-likeness (QED) is 0.554. The van der Waals surface area contributed by atoms with E-state index in [4.69, 9.17) is 14.6 Å². The minimum Gasteiger partial charge on any atom is -0.490 e. The van der Waals surface area contributed by atoms with Crippen molar-refractivity contribution in [2.45, 2.75) is 37.2 Å². The van der Waals surface area contributed by atoms with Crippen LogP contribution in [0.4, 0.5) is 5.69 Å². The van der Waals surface area contributed by atoms with Gasteiger partial charge in [-0.3, -0.25) is 4.72 Å². The lowest BCUT2D eigenvalue weighted by Gasteiger charge is -2.18. The van der Waals surface area contributed by atoms with Gasteiger partial charge in [0.2, 0.25) is 0 Å². The Morgan fingerprint density at radius 1 is 1.13 bits per heavy atom. The van der Waals surface area contributed by atoms with Crippen LogP contribution in [0.15, 0.2) is 59.5 Å². The third kappa shape index (κ3) is 4.08. The molecule has 7 heteroatoms. The zero-order chi connectivity index (χ0) is 21.4. The maximum atomic E-state index is 13.2. The molecule has 0 atom stereocenters. The highest BCUT2D eigenvalue weighted by Crippen LogP contribution is 2.44. The normalized spacial score (nSPS) is 14.9. The molecule has 3 aromatic carbocycles. The van der Waals surface area contributed by atoms with E-state index in [0.717, 1.165) is 10.9 Å². The number of nitrogens with one attached hydrogen (secondary N) is 1. The monoisotopic (exact) mass is 427 g/mol. The molecule has 0 unspecified atom stereocenters. The summed E-state index contributed by atoms with van der Waals surface area (Å²) in [6, 6.07) is 16.0. The Hall–Kier alpha value is -2.77. The van der Waals surface area contributed by atoms with E-state index in [0.29, 0.717) is 42.0 Å². The fourth-order valence-corrected chi connectivity index (χ4v) is 5.00. The Balaban J connectivity index is 1.71. The first-order valence-corrected chi connectivity index (χ1v) is 11.4. The second-order valence-corrected chi connectivity index (χ2v) is 9.66. The molecule has 0 saturated carbocycles. The lowest BCUT2D eigenvalue weighted by molar-refractivity contribution is 0.131. The molecule has 0 spiro atoms. The first kappa shape index (κ1) is 20.5. The lowest BCUT2D eigenvalue weighted by Crippen LogP contribution is -2.24. The average molecular weight is 428 g/mol. The number of hydrogen-bond donors (Lipinski definition) is 2. The van der Waals surface area contributed by atoms with E-state index in [1.165, 1.54) is 0 Å². The van der Waals surface area contributed by atoms with Gasteiger partial charge in [-0.25, -0.2) is 8.42 Å². The molecule has 30 heavy (non-hydrogen) atoms. The van der Waals surface area contributed by atoms with Crippen LogP contribution in [0, 0.1) is 0 Å². The van der Waals surface area contributed by atoms with Gasteiger partial charge in [0.25, 0.3) is 10.0 Å². The molecule has 1 aliphatic rings. The Morgan fingerprint density at radius 2 is 1.90 bits per heavy atom. The van der Waals surface area contributed by atoms with Crippen molar-refractivity contribution in [3.8, 4) is 11.5 Å². The van der Waals surface area contributed by atoms with Crippen LogP contribution in [-0.2, 0) is 16.4 Å². The van der Waals surface area contributed by atoms with E-state index >= 15 is 0 Å². The largest absolute Gasteiger partial charge is 0.490 e. The van der Waals surface area contributed by atoms with E-state index in [1.807, 2.05) is 38.1 Å². The number of sulfonamides is 1. The molecule has 1 heterocycles. The van der Waals surface area contributed by atoms with Gasteiger partial charge < -0.3 is 14.6 Å². The van der Waals surface area contributed by atoms with Crippen molar-refractivity contribution >= 4 is 26.5 Å². The lowest BCUT2D eigenvalue weighted by atomic mass is 10.0. The fourth-order valence-electron chi connectivity index (χ4n) is 3.73. The van der Waals surface area contributed by atoms with Crippen LogP contribution >= 0.6 is 0 Å². The van der Waals surface area contributed by atoms with Crippen molar-refractivity contribution in [2.24, 2.45) is 0 Å². The van der Waals surface area contributed by atoms with E-state index < -0.39 is 15.6 Å². The Bertz CT molecular complexity index is 1180. The smallest absolute Gasteiger partial charge is 0.262 e. The van der Waals surface area contributed by atoms with Gasteiger partial charge in [-0.1, -0.05) is 36.4 Å². The van der Waals surface area contributed by atoms with Crippen molar-refractivity contribution in [1.29, 1.82) is 0 Å². The van der Waals surface area contributed by atoms with Crippen molar-refractivity contribution in [1.82, 2.24) is 0 Å². The molecule has 6 nitrogen and oxygen atoms in total. The van der Waals surface area contributed by atoms with Crippen molar-refractivity contribution in [2.75, 3.05) is 17.9 Å². The zero-order valence-electron chi connectivity index (χ0n) is 17.0. The maximum absolute atomic E-state index is 13.2. The van der Waals surface area contributed by atoms with Crippen LogP contribution in [0.1, 0.15) is 25.8 Å². The topological polar surface area (TPSA) is 84.9 Å². The molecule has 4 rings (SSSR count). The molecular formula is C23H25NO5S. The van der Waals surface area contributed by atoms with Gasteiger partial charge in [0.05, 0.1) is 17.2 Å². The van der Waals surface area contributed by atoms with Crippen molar-refractivity contribution in [3.05, 3.63) is 60.2 Å². The third-order valence-corrected chi connectivity index (χ3v) is 6.42. The van der Waals surface area contributed by atoms with E-state index in [-0.39, 0.29) is 11.5 Å². The third-order valence-electron chi connectivity index (χ3n) is 4.98. The highest BCUT2D eigenvalue weighted by Gasteiger charge is 2.33. The molecule has 0 saturated heterocycles. The molecule has 1 aliphatic heterocycles. The first-order valence-electron chi connectivity index (χ1n) is 9.89. The summed E-state index contributed by atoms with van der Waals surface area (Å²) in [4.78, 5) is 0.223. The molecule has 0 radical (unpaired) electrons. The predicted octanol–water partition coefficient (Wildman–Crippen LogP) is 4.12. The van der Waals surface area contributed by atoms with Gasteiger partial charge >= 0.3 is 0 Å². The summed E-state index contributed by atoms with van der Waals surface area (Å²) in [6.45, 7) is 4.28. The summed E-state index contributed by atoms with van der Waals surface area (Å²) in [5, 5.41) is 10.6. The molecule has 158 valence electrons. The van der Waals surface area contributed by atoms with Crippen molar-refractivity contribution in [3.63, 3.8) is 0 Å². The van der Waals surface area contributed by atoms with Gasteiger partial charge in [-0.15, -0.1) is 0 Å². The van der Waals surface area contributed by atoms with Crippen LogP contribution in [-0.4, -0.2) is 32.3 Å². The summed E-state index contributed by atoms with van der Waals surface area (Å²) in [6.07, 6.45) is 1.12. The molecule has 0 aromatic heterocycles. The standard InChI is InChI=1S/C23H25NO5S/c1-23(2)15-17-13-18(14-20(22(17)29-23)28-12-6-11-25)24-30(26,27)21-10-5-8-16-7-3-4-9-19(16)21/h3-5,7-10,13-14,24-25H,6,11-12,15H2,1-2H3. The number of benzene rings is 3. The SMILES string of the molecule is CC1(C)Cc2cc(NS(=O)(=O)c3cccc4ccccc34)cc(OCCCO)c2O1. The predicted molar refractivity (Wildman–Crippen MR) is 117 cm³/mol. The summed E-state index contributed by atoms with van der Waals surface area (Å²) in [7, 11) is -3.81. The molecule has 0 amide bonds. The molecule has 2 N–H and O–H groups in total. The highest BCUT2D eigenvalue weighted by molar-refractivity contribution is 7.93. The van der Waals surface area contributed by atoms with E-state index in [1.54, 1.807) is 30.3 Å². The number of rotatable bonds is 7. The van der Waals surface area contributed by atoms with Crippen LogP contribution in [0.25, 0.3) is 10.8 Å². The van der Waals surface area contributed by atoms with Crippen molar-refractivity contribution < 1.29 is 23.0 Å². The van der Waals surface area contributed by atoms with Gasteiger partial charge in [0.15, 0.2) is 11.5 Å². The number of aliphatic hydroxyl groups is 1. The average Bonchev–Trinajstić information content (AvgIpc) is 3.01. The number of fused-ring (bicyclic) bond motifs is 2. The Kier molecular flexibility index (Phi) is 5.34. The summed E-state index contributed by atoms with van der Waals surface area (Å²) in [5.74, 6) is 1.10.